The zero-order chi connectivity index (χ0) is 22.2. The number of fused-ring (bicyclic) bond motifs is 3. The molecule has 0 amide bonds. The average molecular weight is 565 g/mol. The topological polar surface area (TPSA) is 0 Å². The molecule has 174 valence electrons. The van der Waals surface area contributed by atoms with Crippen LogP contribution in [0.25, 0.3) is 22.3 Å². The van der Waals surface area contributed by atoms with Crippen molar-refractivity contribution in [1.82, 2.24) is 0 Å². The minimum Gasteiger partial charge on any atom is -0.179 e. The summed E-state index contributed by atoms with van der Waals surface area (Å²) in [5.74, 6) is 0. The minimum absolute atomic E-state index is 0. The standard InChI is InChI=1S/C13H9.C12H11.C6H10.2ClH.Zr/c1-3-7-12-10(5-1)9-11-6-2-4-8-13(11)12;1-10-7-8-12(9-10)11-5-3-2-4-6-11;1-2-4-6-5-3-1;;;/h1-5,7-8H,9H2;2-9H,1H3;1-5H2;2*1H;/q2*-1;;;;+2/p-2. The maximum Gasteiger partial charge on any atom is -0.0253 e. The smallest absolute Gasteiger partial charge is 0.0253 e. The van der Waals surface area contributed by atoms with Crippen LogP contribution in [0, 0.1) is 13.0 Å². The summed E-state index contributed by atoms with van der Waals surface area (Å²) in [6, 6.07) is 35.1. The number of rotatable bonds is 1. The van der Waals surface area contributed by atoms with Crippen LogP contribution >= 0.6 is 0 Å². The van der Waals surface area contributed by atoms with E-state index < -0.39 is 0 Å². The molecule has 1 fully saturated rings. The second kappa shape index (κ2) is 14.7. The largest absolute Gasteiger partial charge is 0.179 e. The third-order valence-corrected chi connectivity index (χ3v) is 7.32. The van der Waals surface area contributed by atoms with E-state index in [-0.39, 0.29) is 24.8 Å². The van der Waals surface area contributed by atoms with E-state index in [4.69, 9.17) is 0 Å². The number of halogens is 2. The van der Waals surface area contributed by atoms with Crippen molar-refractivity contribution in [2.45, 2.75) is 45.4 Å². The van der Waals surface area contributed by atoms with Crippen LogP contribution in [0.4, 0.5) is 0 Å². The quantitative estimate of drug-likeness (QED) is 0.274. The number of hydrogen-bond donors (Lipinski definition) is 0. The first-order valence-electron chi connectivity index (χ1n) is 11.6. The van der Waals surface area contributed by atoms with Gasteiger partial charge in [0.15, 0.2) is 0 Å². The van der Waals surface area contributed by atoms with Crippen LogP contribution in [0.15, 0.2) is 91.0 Å². The van der Waals surface area contributed by atoms with Gasteiger partial charge in [-0.3, -0.25) is 0 Å². The van der Waals surface area contributed by atoms with E-state index >= 15 is 0 Å². The average Bonchev–Trinajstić information content (AvgIpc) is 3.45. The summed E-state index contributed by atoms with van der Waals surface area (Å²) < 4.78 is 1.80. The van der Waals surface area contributed by atoms with Crippen LogP contribution in [-0.4, -0.2) is 3.21 Å². The van der Waals surface area contributed by atoms with Gasteiger partial charge in [-0.2, -0.15) is 53.1 Å². The second-order valence-electron chi connectivity index (χ2n) is 8.60. The molecule has 0 N–H and O–H groups in total. The van der Waals surface area contributed by atoms with Crippen molar-refractivity contribution < 1.29 is 49.0 Å². The van der Waals surface area contributed by atoms with E-state index in [1.165, 1.54) is 71.0 Å². The first-order valence-corrected chi connectivity index (χ1v) is 12.9. The molecule has 2 aliphatic carbocycles. The van der Waals surface area contributed by atoms with E-state index in [0.29, 0.717) is 0 Å². The molecule has 0 aliphatic heterocycles. The van der Waals surface area contributed by atoms with Crippen molar-refractivity contribution in [2.24, 2.45) is 0 Å². The van der Waals surface area contributed by atoms with Gasteiger partial charge in [-0.25, -0.2) is 6.07 Å². The van der Waals surface area contributed by atoms with E-state index in [0.717, 1.165) is 6.42 Å². The van der Waals surface area contributed by atoms with E-state index in [1.807, 2.05) is 12.1 Å². The van der Waals surface area contributed by atoms with Crippen LogP contribution in [0.1, 0.15) is 48.8 Å². The molecule has 6 rings (SSSR count). The number of aryl methyl sites for hydroxylation is 1. The Morgan fingerprint density at radius 3 is 2.09 bits per heavy atom. The van der Waals surface area contributed by atoms with E-state index in [1.54, 1.807) is 27.4 Å². The van der Waals surface area contributed by atoms with Gasteiger partial charge in [0.05, 0.1) is 0 Å². The predicted molar refractivity (Wildman–Crippen MR) is 134 cm³/mol. The fraction of sp³-hybridized carbons (Fsp3) is 0.226. The molecular formula is C31H30Cl2Zr-2. The Morgan fingerprint density at radius 2 is 1.44 bits per heavy atom. The van der Waals surface area contributed by atoms with E-state index in [2.05, 4.69) is 91.9 Å². The summed E-state index contributed by atoms with van der Waals surface area (Å²) in [5, 5.41) is 0. The molecule has 0 spiro atoms. The summed E-state index contributed by atoms with van der Waals surface area (Å²) in [7, 11) is 0. The number of benzene rings is 3. The van der Waals surface area contributed by atoms with Gasteiger partial charge in [0.2, 0.25) is 0 Å². The molecule has 0 nitrogen and oxygen atoms in total. The summed E-state index contributed by atoms with van der Waals surface area (Å²) >= 11 is 1.69. The molecule has 2 aliphatic rings. The molecule has 0 atom stereocenters. The minimum atomic E-state index is 0. The second-order valence-corrected chi connectivity index (χ2v) is 10.3. The van der Waals surface area contributed by atoms with Crippen LogP contribution in [0.2, 0.25) is 0 Å². The van der Waals surface area contributed by atoms with Crippen LogP contribution in [0.5, 0.6) is 0 Å². The maximum absolute atomic E-state index is 3.30. The molecule has 34 heavy (non-hydrogen) atoms. The molecule has 3 heteroatoms. The van der Waals surface area contributed by atoms with Crippen molar-refractivity contribution >= 4 is 3.21 Å². The monoisotopic (exact) mass is 562 g/mol. The van der Waals surface area contributed by atoms with Gasteiger partial charge in [0, 0.05) is 0 Å². The Kier molecular flexibility index (Phi) is 12.3. The van der Waals surface area contributed by atoms with Crippen LogP contribution in [-0.2, 0) is 30.7 Å². The van der Waals surface area contributed by atoms with E-state index in [9.17, 15) is 0 Å². The van der Waals surface area contributed by atoms with Gasteiger partial charge in [-0.05, 0) is 6.42 Å². The molecule has 0 aromatic heterocycles. The van der Waals surface area contributed by atoms with Crippen molar-refractivity contribution in [1.29, 1.82) is 0 Å². The van der Waals surface area contributed by atoms with Crippen molar-refractivity contribution in [2.75, 3.05) is 0 Å². The summed E-state index contributed by atoms with van der Waals surface area (Å²) in [4.78, 5) is 0. The summed E-state index contributed by atoms with van der Waals surface area (Å²) in [5.41, 5.74) is 9.45. The Labute approximate surface area is 232 Å². The third-order valence-electron chi connectivity index (χ3n) is 6.09. The molecule has 4 aromatic carbocycles. The first-order chi connectivity index (χ1) is 15.7. The van der Waals surface area contributed by atoms with Gasteiger partial charge in [-0.1, -0.05) is 78.2 Å². The van der Waals surface area contributed by atoms with Crippen molar-refractivity contribution in [3.05, 3.63) is 114 Å². The molecule has 0 unspecified atom stereocenters. The van der Waals surface area contributed by atoms with Gasteiger partial charge < -0.3 is 24.8 Å². The Bertz CT molecular complexity index is 1110. The molecular weight excluding hydrogens is 534 g/mol. The number of hydrogen-bond acceptors (Lipinski definition) is 0. The van der Waals surface area contributed by atoms with Gasteiger partial charge in [0.1, 0.15) is 0 Å². The summed E-state index contributed by atoms with van der Waals surface area (Å²) in [6.45, 7) is 2.12. The maximum atomic E-state index is 3.30. The normalized spacial score (nSPS) is 13.0. The molecule has 0 saturated heterocycles. The molecule has 4 aromatic rings. The van der Waals surface area contributed by atoms with Crippen LogP contribution in [0.3, 0.4) is 0 Å². The van der Waals surface area contributed by atoms with Crippen molar-refractivity contribution in [3.8, 4) is 22.3 Å². The zero-order valence-corrected chi connectivity index (χ0v) is 23.6. The van der Waals surface area contributed by atoms with Gasteiger partial charge in [-0.15, -0.1) is 5.56 Å². The third kappa shape index (κ3) is 7.95. The predicted octanol–water partition coefficient (Wildman–Crippen LogP) is 2.12. The van der Waals surface area contributed by atoms with Gasteiger partial charge >= 0.3 is 59.5 Å². The molecule has 0 radical (unpaired) electrons. The fourth-order valence-electron chi connectivity index (χ4n) is 4.35. The summed E-state index contributed by atoms with van der Waals surface area (Å²) in [6.07, 6.45) is 8.36. The SMILES string of the molecule is Cc1cc(-c2ccccc2)c[cH-]1.[Cl-].[Cl-].[Zr+2]=[C]1CCCCC1.[c-]1cccc2c1Cc1ccccc1-2. The van der Waals surface area contributed by atoms with Gasteiger partial charge in [0.25, 0.3) is 0 Å². The Balaban J connectivity index is 0.000000183. The molecule has 1 saturated carbocycles. The Morgan fingerprint density at radius 1 is 0.765 bits per heavy atom. The van der Waals surface area contributed by atoms with Crippen LogP contribution < -0.4 is 24.8 Å². The molecule has 0 bridgehead atoms. The first kappa shape index (κ1) is 28.6. The Hall–Kier alpha value is -1.66. The molecule has 0 heterocycles. The van der Waals surface area contributed by atoms with Crippen molar-refractivity contribution in [3.63, 3.8) is 0 Å². The zero-order valence-electron chi connectivity index (χ0n) is 19.7. The fourth-order valence-corrected chi connectivity index (χ4v) is 5.22.